The van der Waals surface area contributed by atoms with Crippen molar-refractivity contribution in [3.8, 4) is 0 Å². The second kappa shape index (κ2) is 13.5. The summed E-state index contributed by atoms with van der Waals surface area (Å²) in [6, 6.07) is 59.0. The van der Waals surface area contributed by atoms with E-state index in [2.05, 4.69) is 218 Å². The van der Waals surface area contributed by atoms with E-state index in [-0.39, 0.29) is 11.8 Å². The predicted octanol–water partition coefficient (Wildman–Crippen LogP) is 15.7. The molecular formula is C56H40N2O2. The Bertz CT molecular complexity index is 3420. The average molecular weight is 773 g/mol. The lowest BCUT2D eigenvalue weighted by molar-refractivity contribution is 0.644. The minimum atomic E-state index is 0.0813. The van der Waals surface area contributed by atoms with Gasteiger partial charge >= 0.3 is 0 Å². The van der Waals surface area contributed by atoms with Gasteiger partial charge in [-0.15, -0.1) is 0 Å². The molecule has 60 heavy (non-hydrogen) atoms. The third-order valence-electron chi connectivity index (χ3n) is 12.5. The molecule has 0 N–H and O–H groups in total. The molecule has 10 aromatic rings. The zero-order valence-electron chi connectivity index (χ0n) is 33.3. The Morgan fingerprint density at radius 2 is 0.883 bits per heavy atom. The first-order valence-electron chi connectivity index (χ1n) is 20.7. The van der Waals surface area contributed by atoms with Crippen molar-refractivity contribution >= 4 is 89.2 Å². The Kier molecular flexibility index (Phi) is 7.76. The van der Waals surface area contributed by atoms with E-state index in [1.165, 1.54) is 38.7 Å². The lowest BCUT2D eigenvalue weighted by atomic mass is 9.73. The first-order valence-corrected chi connectivity index (χ1v) is 20.7. The summed E-state index contributed by atoms with van der Waals surface area (Å²) in [7, 11) is 0. The largest absolute Gasteiger partial charge is 0.456 e. The maximum Gasteiger partial charge on any atom is 0.135 e. The molecule has 2 aromatic heterocycles. The van der Waals surface area contributed by atoms with E-state index in [9.17, 15) is 0 Å². The molecule has 0 amide bonds. The van der Waals surface area contributed by atoms with Gasteiger partial charge in [-0.25, -0.2) is 0 Å². The standard InChI is InChI=1S/C56H40N2O2/c1-35-21-25-53-47(29-35)49-31-39(23-27-55(49)59-53)57(37-13-5-3-6-14-37)51-33-45-42-18-10-12-20-44(42)52(34-46(45)41-17-9-11-19-43(41)51)58(38-15-7-4-8-16-38)40-24-28-56-50(32-40)48-30-36(2)22-26-54(48)60-56/h3-34,41,43H,1-2H3. The summed E-state index contributed by atoms with van der Waals surface area (Å²) in [6.07, 6.45) is 11.7. The third-order valence-corrected chi connectivity index (χ3v) is 12.5. The monoisotopic (exact) mass is 772 g/mol. The molecule has 0 saturated heterocycles. The number of furan rings is 2. The van der Waals surface area contributed by atoms with E-state index in [0.717, 1.165) is 72.3 Å². The molecule has 2 aliphatic carbocycles. The van der Waals surface area contributed by atoms with Crippen molar-refractivity contribution in [3.05, 3.63) is 216 Å². The molecule has 0 fully saturated rings. The van der Waals surface area contributed by atoms with Crippen molar-refractivity contribution in [1.82, 2.24) is 0 Å². The van der Waals surface area contributed by atoms with E-state index < -0.39 is 0 Å². The summed E-state index contributed by atoms with van der Waals surface area (Å²) in [4.78, 5) is 4.89. The molecule has 0 saturated carbocycles. The summed E-state index contributed by atoms with van der Waals surface area (Å²) in [5.74, 6) is 0.180. The zero-order valence-corrected chi connectivity index (χ0v) is 33.3. The smallest absolute Gasteiger partial charge is 0.135 e. The highest BCUT2D eigenvalue weighted by Crippen LogP contribution is 2.52. The number of benzene rings is 8. The Morgan fingerprint density at radius 3 is 1.48 bits per heavy atom. The van der Waals surface area contributed by atoms with Crippen molar-refractivity contribution in [1.29, 1.82) is 0 Å². The summed E-state index contributed by atoms with van der Waals surface area (Å²) < 4.78 is 12.7. The Morgan fingerprint density at radius 1 is 0.400 bits per heavy atom. The molecule has 2 aliphatic rings. The fourth-order valence-corrected chi connectivity index (χ4v) is 9.73. The molecule has 2 unspecified atom stereocenters. The minimum Gasteiger partial charge on any atom is -0.456 e. The lowest BCUT2D eigenvalue weighted by Gasteiger charge is -2.40. The van der Waals surface area contributed by atoms with E-state index in [1.807, 2.05) is 0 Å². The Hall–Kier alpha value is -7.56. The summed E-state index contributed by atoms with van der Waals surface area (Å²) in [6.45, 7) is 4.28. The van der Waals surface area contributed by atoms with Gasteiger partial charge in [-0.3, -0.25) is 0 Å². The summed E-state index contributed by atoms with van der Waals surface area (Å²) >= 11 is 0. The zero-order chi connectivity index (χ0) is 39.9. The number of hydrogen-bond acceptors (Lipinski definition) is 4. The fraction of sp³-hybridized carbons (Fsp3) is 0.0714. The predicted molar refractivity (Wildman–Crippen MR) is 250 cm³/mol. The average Bonchev–Trinajstić information content (AvgIpc) is 3.84. The summed E-state index contributed by atoms with van der Waals surface area (Å²) in [5, 5.41) is 6.90. The van der Waals surface area contributed by atoms with Gasteiger partial charge in [-0.1, -0.05) is 108 Å². The highest BCUT2D eigenvalue weighted by molar-refractivity contribution is 6.10. The first kappa shape index (κ1) is 34.5. The third kappa shape index (κ3) is 5.45. The number of fused-ring (bicyclic) bond motifs is 11. The van der Waals surface area contributed by atoms with Crippen LogP contribution in [0, 0.1) is 19.8 Å². The quantitative estimate of drug-likeness (QED) is 0.168. The van der Waals surface area contributed by atoms with Gasteiger partial charge in [0.2, 0.25) is 0 Å². The van der Waals surface area contributed by atoms with Crippen LogP contribution in [-0.4, -0.2) is 0 Å². The number of allylic oxidation sites excluding steroid dienone is 4. The number of para-hydroxylation sites is 2. The van der Waals surface area contributed by atoms with E-state index in [0.29, 0.717) is 0 Å². The van der Waals surface area contributed by atoms with Crippen LogP contribution in [0.25, 0.3) is 60.7 Å². The molecule has 8 aromatic carbocycles. The number of nitrogens with zero attached hydrogens (tertiary/aromatic N) is 2. The molecule has 0 bridgehead atoms. The SMILES string of the molecule is Cc1ccc2oc3ccc(N(C4=Cc5c(cc(N(c6ccccc6)c6ccc7oc8ccc(C)cc8c7c6)c6ccccc56)C5C=CC=CC45)c4ccccc4)cc3c2c1. The first-order chi connectivity index (χ1) is 29.6. The van der Waals surface area contributed by atoms with Crippen LogP contribution in [0.1, 0.15) is 28.2 Å². The molecule has 0 aliphatic heterocycles. The highest BCUT2D eigenvalue weighted by atomic mass is 16.3. The molecule has 12 rings (SSSR count). The van der Waals surface area contributed by atoms with Crippen LogP contribution in [0.5, 0.6) is 0 Å². The fourth-order valence-electron chi connectivity index (χ4n) is 9.73. The van der Waals surface area contributed by atoms with Crippen LogP contribution in [0.3, 0.4) is 0 Å². The van der Waals surface area contributed by atoms with Crippen LogP contribution in [0.4, 0.5) is 28.4 Å². The van der Waals surface area contributed by atoms with Crippen molar-refractivity contribution in [2.75, 3.05) is 9.80 Å². The van der Waals surface area contributed by atoms with Crippen molar-refractivity contribution in [3.63, 3.8) is 0 Å². The van der Waals surface area contributed by atoms with Gasteiger partial charge in [0.25, 0.3) is 0 Å². The Labute approximate surface area is 348 Å². The second-order valence-corrected chi connectivity index (χ2v) is 16.2. The van der Waals surface area contributed by atoms with Gasteiger partial charge in [0, 0.05) is 67.2 Å². The minimum absolute atomic E-state index is 0.0813. The molecule has 0 spiro atoms. The highest BCUT2D eigenvalue weighted by Gasteiger charge is 2.36. The molecule has 286 valence electrons. The van der Waals surface area contributed by atoms with Gasteiger partial charge in [0.1, 0.15) is 22.3 Å². The molecule has 2 heterocycles. The maximum atomic E-state index is 6.35. The van der Waals surface area contributed by atoms with Gasteiger partial charge in [0.05, 0.1) is 5.69 Å². The van der Waals surface area contributed by atoms with Crippen LogP contribution in [0.15, 0.2) is 203 Å². The van der Waals surface area contributed by atoms with Gasteiger partial charge < -0.3 is 18.6 Å². The molecule has 0 radical (unpaired) electrons. The van der Waals surface area contributed by atoms with E-state index in [1.54, 1.807) is 0 Å². The number of rotatable bonds is 6. The van der Waals surface area contributed by atoms with Crippen LogP contribution in [-0.2, 0) is 0 Å². The van der Waals surface area contributed by atoms with E-state index in [4.69, 9.17) is 8.83 Å². The molecule has 4 heteroatoms. The summed E-state index contributed by atoms with van der Waals surface area (Å²) in [5.41, 5.74) is 15.3. The molecule has 4 nitrogen and oxygen atoms in total. The van der Waals surface area contributed by atoms with Crippen molar-refractivity contribution < 1.29 is 8.83 Å². The van der Waals surface area contributed by atoms with E-state index >= 15 is 0 Å². The van der Waals surface area contributed by atoms with Crippen molar-refractivity contribution in [2.45, 2.75) is 19.8 Å². The van der Waals surface area contributed by atoms with Crippen LogP contribution >= 0.6 is 0 Å². The van der Waals surface area contributed by atoms with Crippen LogP contribution < -0.4 is 9.80 Å². The van der Waals surface area contributed by atoms with Crippen LogP contribution in [0.2, 0.25) is 0 Å². The van der Waals surface area contributed by atoms with Gasteiger partial charge in [0.15, 0.2) is 0 Å². The Balaban J connectivity index is 1.09. The maximum absolute atomic E-state index is 6.35. The second-order valence-electron chi connectivity index (χ2n) is 16.2. The number of anilines is 5. The van der Waals surface area contributed by atoms with Crippen molar-refractivity contribution in [2.24, 2.45) is 5.92 Å². The molecule has 2 atom stereocenters. The normalized spacial score (nSPS) is 15.8. The number of aryl methyl sites for hydroxylation is 2. The topological polar surface area (TPSA) is 32.8 Å². The van der Waals surface area contributed by atoms with Gasteiger partial charge in [-0.2, -0.15) is 0 Å². The molecular weight excluding hydrogens is 733 g/mol. The van der Waals surface area contributed by atoms with Gasteiger partial charge in [-0.05, 0) is 127 Å². The number of hydrogen-bond donors (Lipinski definition) is 0. The lowest BCUT2D eigenvalue weighted by Crippen LogP contribution is -2.29.